The Bertz CT molecular complexity index is 633. The van der Waals surface area contributed by atoms with E-state index in [9.17, 15) is 0 Å². The molecule has 0 radical (unpaired) electrons. The maximum Gasteiger partial charge on any atom is 0.191 e. The Morgan fingerprint density at radius 1 is 0.960 bits per heavy atom. The third-order valence-electron chi connectivity index (χ3n) is 3.96. The fourth-order valence-corrected chi connectivity index (χ4v) is 2.54. The molecule has 0 aliphatic heterocycles. The zero-order valence-electron chi connectivity index (χ0n) is 15.5. The Morgan fingerprint density at radius 2 is 1.72 bits per heavy atom. The topological polar surface area (TPSA) is 52.6 Å². The molecule has 0 bridgehead atoms. The van der Waals surface area contributed by atoms with E-state index in [1.807, 2.05) is 24.4 Å². The first-order valence-electron chi connectivity index (χ1n) is 9.02. The minimum Gasteiger partial charge on any atom is -0.357 e. The molecule has 1 aromatic heterocycles. The van der Waals surface area contributed by atoms with Gasteiger partial charge in [-0.3, -0.25) is 0 Å². The van der Waals surface area contributed by atoms with Gasteiger partial charge < -0.3 is 15.5 Å². The Labute approximate surface area is 151 Å². The molecular weight excluding hydrogens is 310 g/mol. The Morgan fingerprint density at radius 3 is 2.32 bits per heavy atom. The predicted octanol–water partition coefficient (Wildman–Crippen LogP) is 3.18. The highest BCUT2D eigenvalue weighted by Gasteiger charge is 2.03. The minimum absolute atomic E-state index is 0.607. The largest absolute Gasteiger partial charge is 0.357 e. The first-order valence-corrected chi connectivity index (χ1v) is 9.02. The lowest BCUT2D eigenvalue weighted by molar-refractivity contribution is 0.814. The summed E-state index contributed by atoms with van der Waals surface area (Å²) in [5, 5.41) is 6.65. The van der Waals surface area contributed by atoms with Crippen molar-refractivity contribution in [2.75, 3.05) is 24.5 Å². The van der Waals surface area contributed by atoms with Crippen LogP contribution in [-0.4, -0.2) is 30.6 Å². The quantitative estimate of drug-likeness (QED) is 0.573. The second-order valence-corrected chi connectivity index (χ2v) is 5.73. The highest BCUT2D eigenvalue weighted by molar-refractivity contribution is 5.79. The molecule has 0 saturated carbocycles. The molecule has 0 amide bonds. The summed E-state index contributed by atoms with van der Waals surface area (Å²) in [4.78, 5) is 11.4. The fourth-order valence-electron chi connectivity index (χ4n) is 2.54. The number of hydrogen-bond acceptors (Lipinski definition) is 3. The van der Waals surface area contributed by atoms with Crippen molar-refractivity contribution in [3.63, 3.8) is 0 Å². The van der Waals surface area contributed by atoms with Crippen LogP contribution in [-0.2, 0) is 13.1 Å². The number of aromatic nitrogens is 1. The van der Waals surface area contributed by atoms with Gasteiger partial charge in [0, 0.05) is 32.4 Å². The zero-order chi connectivity index (χ0) is 17.9. The zero-order valence-corrected chi connectivity index (χ0v) is 15.5. The molecule has 0 unspecified atom stereocenters. The SMILES string of the molecule is CCNC(=NCc1ccc(N(CC)CC)nc1)NCc1ccccc1. The standard InChI is InChI=1S/C20H29N5/c1-4-21-20(23-14-17-10-8-7-9-11-17)24-16-18-12-13-19(22-15-18)25(5-2)6-3/h7-13,15H,4-6,14,16H2,1-3H3,(H2,21,23,24). The number of aliphatic imine (C=N–C) groups is 1. The summed E-state index contributed by atoms with van der Waals surface area (Å²) >= 11 is 0. The van der Waals surface area contributed by atoms with Crippen LogP contribution < -0.4 is 15.5 Å². The molecule has 0 fully saturated rings. The first-order chi connectivity index (χ1) is 12.3. The van der Waals surface area contributed by atoms with Crippen molar-refractivity contribution in [2.45, 2.75) is 33.9 Å². The van der Waals surface area contributed by atoms with Gasteiger partial charge in [-0.2, -0.15) is 0 Å². The molecule has 1 heterocycles. The van der Waals surface area contributed by atoms with E-state index in [0.717, 1.165) is 43.5 Å². The van der Waals surface area contributed by atoms with Crippen LogP contribution in [0.4, 0.5) is 5.82 Å². The molecule has 2 N–H and O–H groups in total. The summed E-state index contributed by atoms with van der Waals surface area (Å²) in [6, 6.07) is 14.5. The lowest BCUT2D eigenvalue weighted by Crippen LogP contribution is -2.36. The number of rotatable bonds is 8. The van der Waals surface area contributed by atoms with E-state index in [1.54, 1.807) is 0 Å². The van der Waals surface area contributed by atoms with Gasteiger partial charge >= 0.3 is 0 Å². The fraction of sp³-hybridized carbons (Fsp3) is 0.400. The summed E-state index contributed by atoms with van der Waals surface area (Å²) < 4.78 is 0. The van der Waals surface area contributed by atoms with Crippen LogP contribution in [0.5, 0.6) is 0 Å². The molecule has 1 aromatic carbocycles. The molecule has 0 aliphatic rings. The number of anilines is 1. The molecule has 0 spiro atoms. The number of nitrogens with one attached hydrogen (secondary N) is 2. The number of benzene rings is 1. The van der Waals surface area contributed by atoms with Crippen LogP contribution >= 0.6 is 0 Å². The van der Waals surface area contributed by atoms with Gasteiger partial charge in [0.25, 0.3) is 0 Å². The number of pyridine rings is 1. The molecule has 25 heavy (non-hydrogen) atoms. The van der Waals surface area contributed by atoms with Gasteiger partial charge in [-0.15, -0.1) is 0 Å². The average Bonchev–Trinajstić information content (AvgIpc) is 2.67. The summed E-state index contributed by atoms with van der Waals surface area (Å²) in [5.74, 6) is 1.84. The van der Waals surface area contributed by atoms with E-state index in [-0.39, 0.29) is 0 Å². The van der Waals surface area contributed by atoms with E-state index in [4.69, 9.17) is 0 Å². The van der Waals surface area contributed by atoms with E-state index in [1.165, 1.54) is 5.56 Å². The van der Waals surface area contributed by atoms with Crippen LogP contribution in [0.1, 0.15) is 31.9 Å². The van der Waals surface area contributed by atoms with Gasteiger partial charge in [0.15, 0.2) is 5.96 Å². The van der Waals surface area contributed by atoms with Crippen molar-refractivity contribution in [2.24, 2.45) is 4.99 Å². The lowest BCUT2D eigenvalue weighted by Gasteiger charge is -2.19. The van der Waals surface area contributed by atoms with Crippen molar-refractivity contribution in [1.29, 1.82) is 0 Å². The van der Waals surface area contributed by atoms with E-state index in [2.05, 4.69) is 70.5 Å². The van der Waals surface area contributed by atoms with Crippen molar-refractivity contribution < 1.29 is 0 Å². The van der Waals surface area contributed by atoms with E-state index >= 15 is 0 Å². The van der Waals surface area contributed by atoms with Gasteiger partial charge in [0.1, 0.15) is 5.82 Å². The van der Waals surface area contributed by atoms with Gasteiger partial charge in [0.2, 0.25) is 0 Å². The molecule has 0 aliphatic carbocycles. The lowest BCUT2D eigenvalue weighted by atomic mass is 10.2. The van der Waals surface area contributed by atoms with Gasteiger partial charge in [-0.05, 0) is 38.0 Å². The van der Waals surface area contributed by atoms with Gasteiger partial charge in [-0.1, -0.05) is 36.4 Å². The van der Waals surface area contributed by atoms with Crippen LogP contribution in [0.15, 0.2) is 53.7 Å². The van der Waals surface area contributed by atoms with Crippen LogP contribution in [0, 0.1) is 0 Å². The molecule has 2 rings (SSSR count). The van der Waals surface area contributed by atoms with Gasteiger partial charge in [-0.25, -0.2) is 9.98 Å². The summed E-state index contributed by atoms with van der Waals surface area (Å²) in [6.45, 7) is 10.5. The molecule has 2 aromatic rings. The second kappa shape index (κ2) is 10.3. The van der Waals surface area contributed by atoms with Crippen molar-refractivity contribution in [3.05, 3.63) is 59.8 Å². The molecule has 5 heteroatoms. The Balaban J connectivity index is 1.95. The number of hydrogen-bond donors (Lipinski definition) is 2. The number of guanidine groups is 1. The smallest absolute Gasteiger partial charge is 0.191 e. The van der Waals surface area contributed by atoms with Crippen molar-refractivity contribution in [1.82, 2.24) is 15.6 Å². The van der Waals surface area contributed by atoms with Crippen LogP contribution in [0.3, 0.4) is 0 Å². The highest BCUT2D eigenvalue weighted by atomic mass is 15.2. The third-order valence-corrected chi connectivity index (χ3v) is 3.96. The molecule has 0 atom stereocenters. The van der Waals surface area contributed by atoms with E-state index < -0.39 is 0 Å². The predicted molar refractivity (Wildman–Crippen MR) is 106 cm³/mol. The van der Waals surface area contributed by atoms with E-state index in [0.29, 0.717) is 6.54 Å². The molecular formula is C20H29N5. The minimum atomic E-state index is 0.607. The van der Waals surface area contributed by atoms with Crippen molar-refractivity contribution >= 4 is 11.8 Å². The average molecular weight is 339 g/mol. The van der Waals surface area contributed by atoms with Crippen molar-refractivity contribution in [3.8, 4) is 0 Å². The first kappa shape index (κ1) is 18.8. The van der Waals surface area contributed by atoms with Crippen LogP contribution in [0.25, 0.3) is 0 Å². The van der Waals surface area contributed by atoms with Crippen LogP contribution in [0.2, 0.25) is 0 Å². The second-order valence-electron chi connectivity index (χ2n) is 5.73. The maximum atomic E-state index is 4.65. The summed E-state index contributed by atoms with van der Waals surface area (Å²) in [7, 11) is 0. The van der Waals surface area contributed by atoms with Gasteiger partial charge in [0.05, 0.1) is 6.54 Å². The highest BCUT2D eigenvalue weighted by Crippen LogP contribution is 2.11. The third kappa shape index (κ3) is 6.10. The monoisotopic (exact) mass is 339 g/mol. The maximum absolute atomic E-state index is 4.65. The number of nitrogens with zero attached hydrogens (tertiary/aromatic N) is 3. The molecule has 0 saturated heterocycles. The molecule has 5 nitrogen and oxygen atoms in total. The Kier molecular flexibility index (Phi) is 7.76. The normalized spacial score (nSPS) is 11.2. The summed E-state index contributed by atoms with van der Waals surface area (Å²) in [6.07, 6.45) is 1.91. The Hall–Kier alpha value is -2.56. The summed E-state index contributed by atoms with van der Waals surface area (Å²) in [5.41, 5.74) is 2.34. The molecule has 134 valence electrons.